The second-order valence-corrected chi connectivity index (χ2v) is 5.01. The molecule has 25 heavy (non-hydrogen) atoms. The van der Waals surface area contributed by atoms with Gasteiger partial charge in [0.1, 0.15) is 0 Å². The van der Waals surface area contributed by atoms with Crippen molar-refractivity contribution in [3.63, 3.8) is 0 Å². The van der Waals surface area contributed by atoms with Crippen LogP contribution < -0.4 is 10.6 Å². The minimum absolute atomic E-state index is 0.341. The lowest BCUT2D eigenvalue weighted by atomic mass is 10.2. The molecule has 0 aromatic carbocycles. The molecule has 0 saturated carbocycles. The average molecular weight is 376 g/mol. The fourth-order valence-electron chi connectivity index (χ4n) is 1.65. The maximum Gasteiger partial charge on any atom is 0.435 e. The number of carbonyl (C=O) groups is 2. The van der Waals surface area contributed by atoms with Gasteiger partial charge in [0.05, 0.1) is 5.56 Å². The van der Waals surface area contributed by atoms with Crippen LogP contribution in [-0.2, 0) is 18.0 Å². The highest BCUT2D eigenvalue weighted by atomic mass is 19.4. The molecule has 0 unspecified atom stereocenters. The first-order valence-electron chi connectivity index (χ1n) is 6.68. The van der Waals surface area contributed by atoms with Crippen molar-refractivity contribution in [3.05, 3.63) is 17.5 Å². The normalized spacial score (nSPS) is 13.3. The highest BCUT2D eigenvalue weighted by Gasteiger charge is 2.39. The molecule has 1 heterocycles. The van der Waals surface area contributed by atoms with Crippen LogP contribution in [0.5, 0.6) is 0 Å². The Morgan fingerprint density at radius 1 is 1.28 bits per heavy atom. The quantitative estimate of drug-likeness (QED) is 0.768. The summed E-state index contributed by atoms with van der Waals surface area (Å²) in [6.07, 6.45) is -10.0. The summed E-state index contributed by atoms with van der Waals surface area (Å²) in [6, 6.07) is -0.893. The van der Waals surface area contributed by atoms with E-state index >= 15 is 0 Å². The van der Waals surface area contributed by atoms with Crippen molar-refractivity contribution in [3.8, 4) is 0 Å². The SMILES string of the molecule is C[C@@H](CNC(=O)c1cn(C)nc1C(F)(F)F)NC(=O)OCC(F)(F)F. The van der Waals surface area contributed by atoms with E-state index in [1.165, 1.54) is 14.0 Å². The topological polar surface area (TPSA) is 85.3 Å². The summed E-state index contributed by atoms with van der Waals surface area (Å²) >= 11 is 0. The minimum Gasteiger partial charge on any atom is -0.440 e. The zero-order valence-electron chi connectivity index (χ0n) is 13.0. The van der Waals surface area contributed by atoms with Crippen molar-refractivity contribution < 1.29 is 40.7 Å². The van der Waals surface area contributed by atoms with Gasteiger partial charge in [-0.15, -0.1) is 0 Å². The summed E-state index contributed by atoms with van der Waals surface area (Å²) in [5.74, 6) is -1.10. The lowest BCUT2D eigenvalue weighted by Crippen LogP contribution is -2.43. The molecule has 2 amide bonds. The van der Waals surface area contributed by atoms with Crippen LogP contribution in [0.1, 0.15) is 23.0 Å². The number of aryl methyl sites for hydroxylation is 1. The smallest absolute Gasteiger partial charge is 0.435 e. The number of rotatable bonds is 5. The monoisotopic (exact) mass is 376 g/mol. The van der Waals surface area contributed by atoms with E-state index in [0.717, 1.165) is 10.9 Å². The predicted molar refractivity (Wildman–Crippen MR) is 70.5 cm³/mol. The van der Waals surface area contributed by atoms with Crippen molar-refractivity contribution in [2.45, 2.75) is 25.3 Å². The van der Waals surface area contributed by atoms with Gasteiger partial charge in [-0.2, -0.15) is 31.4 Å². The van der Waals surface area contributed by atoms with E-state index < -0.39 is 48.3 Å². The van der Waals surface area contributed by atoms with Crippen molar-refractivity contribution in [1.82, 2.24) is 20.4 Å². The Morgan fingerprint density at radius 2 is 1.88 bits per heavy atom. The first-order chi connectivity index (χ1) is 11.3. The van der Waals surface area contributed by atoms with Gasteiger partial charge in [0.2, 0.25) is 0 Å². The fraction of sp³-hybridized carbons (Fsp3) is 0.583. The third-order valence-corrected chi connectivity index (χ3v) is 2.64. The lowest BCUT2D eigenvalue weighted by Gasteiger charge is -2.15. The van der Waals surface area contributed by atoms with Gasteiger partial charge in [-0.1, -0.05) is 0 Å². The van der Waals surface area contributed by atoms with Crippen LogP contribution in [0.3, 0.4) is 0 Å². The lowest BCUT2D eigenvalue weighted by molar-refractivity contribution is -0.160. The molecule has 0 bridgehead atoms. The zero-order chi connectivity index (χ0) is 19.4. The van der Waals surface area contributed by atoms with E-state index in [-0.39, 0.29) is 6.54 Å². The first kappa shape index (κ1) is 20.6. The maximum absolute atomic E-state index is 12.8. The predicted octanol–water partition coefficient (Wildman–Crippen LogP) is 1.85. The standard InChI is InChI=1S/C12H14F6N4O3/c1-6(20-10(24)25-5-11(13,14)15)3-19-9(23)7-4-22(2)21-8(7)12(16,17)18/h4,6H,3,5H2,1-2H3,(H,19,23)(H,20,24)/t6-/m0/s1. The number of nitrogens with zero attached hydrogens (tertiary/aromatic N) is 2. The molecule has 1 atom stereocenters. The molecule has 2 N–H and O–H groups in total. The number of halogens is 6. The average Bonchev–Trinajstić information content (AvgIpc) is 2.84. The highest BCUT2D eigenvalue weighted by Crippen LogP contribution is 2.30. The van der Waals surface area contributed by atoms with E-state index in [2.05, 4.69) is 15.2 Å². The summed E-state index contributed by atoms with van der Waals surface area (Å²) in [6.45, 7) is -0.822. The molecule has 1 aromatic heterocycles. The molecule has 0 fully saturated rings. The summed E-state index contributed by atoms with van der Waals surface area (Å²) < 4.78 is 78.6. The number of hydrogen-bond donors (Lipinski definition) is 2. The second-order valence-electron chi connectivity index (χ2n) is 5.01. The second kappa shape index (κ2) is 7.61. The number of amides is 2. The molecule has 0 aliphatic rings. The van der Waals surface area contributed by atoms with Crippen LogP contribution in [0.25, 0.3) is 0 Å². The molecular weight excluding hydrogens is 362 g/mol. The summed E-state index contributed by atoms with van der Waals surface area (Å²) in [5.41, 5.74) is -2.10. The Kier molecular flexibility index (Phi) is 6.26. The molecular formula is C12H14F6N4O3. The van der Waals surface area contributed by atoms with Gasteiger partial charge in [0, 0.05) is 25.8 Å². The Bertz CT molecular complexity index is 625. The first-order valence-corrected chi connectivity index (χ1v) is 6.68. The molecule has 7 nitrogen and oxygen atoms in total. The highest BCUT2D eigenvalue weighted by molar-refractivity contribution is 5.95. The third-order valence-electron chi connectivity index (χ3n) is 2.64. The minimum atomic E-state index is -4.83. The molecule has 0 saturated heterocycles. The molecule has 1 rings (SSSR count). The number of ether oxygens (including phenoxy) is 1. The van der Waals surface area contributed by atoms with Crippen LogP contribution in [0.15, 0.2) is 6.20 Å². The van der Waals surface area contributed by atoms with E-state index in [0.29, 0.717) is 0 Å². The third kappa shape index (κ3) is 6.89. The van der Waals surface area contributed by atoms with Crippen molar-refractivity contribution in [2.75, 3.05) is 13.2 Å². The Hall–Kier alpha value is -2.47. The summed E-state index contributed by atoms with van der Waals surface area (Å²) in [5, 5.41) is 7.27. The van der Waals surface area contributed by atoms with E-state index in [9.17, 15) is 35.9 Å². The van der Waals surface area contributed by atoms with Gasteiger partial charge in [0.25, 0.3) is 5.91 Å². The van der Waals surface area contributed by atoms with Crippen LogP contribution in [0.4, 0.5) is 31.1 Å². The zero-order valence-corrected chi connectivity index (χ0v) is 13.0. The Labute approximate surface area is 137 Å². The summed E-state index contributed by atoms with van der Waals surface area (Å²) in [4.78, 5) is 22.9. The Balaban J connectivity index is 2.56. The van der Waals surface area contributed by atoms with Crippen molar-refractivity contribution >= 4 is 12.0 Å². The molecule has 13 heteroatoms. The molecule has 0 aliphatic heterocycles. The number of alkyl halides is 6. The van der Waals surface area contributed by atoms with Gasteiger partial charge in [0.15, 0.2) is 12.3 Å². The van der Waals surface area contributed by atoms with Crippen LogP contribution >= 0.6 is 0 Å². The number of alkyl carbamates (subject to hydrolysis) is 1. The van der Waals surface area contributed by atoms with Gasteiger partial charge >= 0.3 is 18.4 Å². The maximum atomic E-state index is 12.8. The fourth-order valence-corrected chi connectivity index (χ4v) is 1.65. The van der Waals surface area contributed by atoms with Gasteiger partial charge in [-0.05, 0) is 6.92 Å². The number of hydrogen-bond acceptors (Lipinski definition) is 4. The summed E-state index contributed by atoms with van der Waals surface area (Å²) in [7, 11) is 1.20. The molecule has 0 aliphatic carbocycles. The molecule has 142 valence electrons. The van der Waals surface area contributed by atoms with Crippen LogP contribution in [0.2, 0.25) is 0 Å². The number of nitrogens with one attached hydrogen (secondary N) is 2. The van der Waals surface area contributed by atoms with Crippen LogP contribution in [0, 0.1) is 0 Å². The van der Waals surface area contributed by atoms with Crippen LogP contribution in [-0.4, -0.2) is 47.2 Å². The van der Waals surface area contributed by atoms with Gasteiger partial charge in [-0.3, -0.25) is 9.48 Å². The van der Waals surface area contributed by atoms with E-state index in [1.54, 1.807) is 0 Å². The Morgan fingerprint density at radius 3 is 2.40 bits per heavy atom. The molecule has 0 spiro atoms. The van der Waals surface area contributed by atoms with Crippen molar-refractivity contribution in [1.29, 1.82) is 0 Å². The van der Waals surface area contributed by atoms with Crippen molar-refractivity contribution in [2.24, 2.45) is 7.05 Å². The largest absolute Gasteiger partial charge is 0.440 e. The van der Waals surface area contributed by atoms with E-state index in [4.69, 9.17) is 0 Å². The van der Waals surface area contributed by atoms with Gasteiger partial charge in [-0.25, -0.2) is 4.79 Å². The van der Waals surface area contributed by atoms with Gasteiger partial charge < -0.3 is 15.4 Å². The number of carbonyl (C=O) groups excluding carboxylic acids is 2. The molecule has 0 radical (unpaired) electrons. The molecule has 1 aromatic rings. The number of aromatic nitrogens is 2. The van der Waals surface area contributed by atoms with E-state index in [1.807, 2.05) is 5.32 Å².